The Hall–Kier alpha value is -3.51. The fraction of sp³-hybridized carbons (Fsp3) is 0.259. The van der Waals surface area contributed by atoms with E-state index < -0.39 is 11.7 Å². The summed E-state index contributed by atoms with van der Waals surface area (Å²) in [6.07, 6.45) is 0. The second-order valence-corrected chi connectivity index (χ2v) is 8.34. The van der Waals surface area contributed by atoms with Gasteiger partial charge in [-0.05, 0) is 68.9 Å². The number of halogens is 1. The highest BCUT2D eigenvalue weighted by Crippen LogP contribution is 2.21. The van der Waals surface area contributed by atoms with Gasteiger partial charge in [-0.1, -0.05) is 42.5 Å². The Balaban J connectivity index is 1.75. The number of hydrogen-bond acceptors (Lipinski definition) is 3. The molecule has 0 unspecified atom stereocenters. The summed E-state index contributed by atoms with van der Waals surface area (Å²) in [6.45, 7) is 5.67. The van der Waals surface area contributed by atoms with Crippen LogP contribution in [0.5, 0.6) is 0 Å². The topological polar surface area (TPSA) is 52.6 Å². The number of hydrogen-bond donors (Lipinski definition) is 1. The monoisotopic (exact) mass is 447 g/mol. The Morgan fingerprint density at radius 1 is 0.909 bits per heavy atom. The molecule has 3 rings (SSSR count). The lowest BCUT2D eigenvalue weighted by molar-refractivity contribution is 0.0752. The molecule has 0 spiro atoms. The van der Waals surface area contributed by atoms with E-state index >= 15 is 0 Å². The van der Waals surface area contributed by atoms with Gasteiger partial charge < -0.3 is 15.1 Å². The lowest BCUT2D eigenvalue weighted by Gasteiger charge is -2.22. The molecule has 0 saturated carbocycles. The summed E-state index contributed by atoms with van der Waals surface area (Å²) in [5, 5.41) is 2.74. The van der Waals surface area contributed by atoms with Crippen LogP contribution < -0.4 is 5.32 Å². The first-order valence-electron chi connectivity index (χ1n) is 11.0. The highest BCUT2D eigenvalue weighted by atomic mass is 19.1. The lowest BCUT2D eigenvalue weighted by atomic mass is 10.1. The number of benzene rings is 3. The maximum Gasteiger partial charge on any atom is 0.258 e. The van der Waals surface area contributed by atoms with Gasteiger partial charge in [0.25, 0.3) is 11.8 Å². The van der Waals surface area contributed by atoms with Crippen LogP contribution in [0.4, 0.5) is 10.1 Å². The molecule has 5 nitrogen and oxygen atoms in total. The van der Waals surface area contributed by atoms with E-state index in [0.717, 1.165) is 17.7 Å². The van der Waals surface area contributed by atoms with Crippen LogP contribution in [-0.2, 0) is 13.1 Å². The van der Waals surface area contributed by atoms with Gasteiger partial charge in [0.2, 0.25) is 0 Å². The summed E-state index contributed by atoms with van der Waals surface area (Å²) in [6, 6.07) is 19.3. The Labute approximate surface area is 194 Å². The number of nitrogens with zero attached hydrogens (tertiary/aromatic N) is 2. The van der Waals surface area contributed by atoms with E-state index in [1.54, 1.807) is 29.2 Å². The SMILES string of the molecule is CCN(Cc1ccc(CN(C)C)cc1)C(=O)c1ccc(C)c(NC(=O)c2ccccc2F)c1. The standard InChI is InChI=1S/C27H30FN3O2/c1-5-31(18-21-13-11-20(12-14-21)17-30(3)4)27(33)22-15-10-19(2)25(16-22)29-26(32)23-8-6-7-9-24(23)28/h6-16H,5,17-18H2,1-4H3,(H,29,32). The molecule has 0 aromatic heterocycles. The largest absolute Gasteiger partial charge is 0.335 e. The average Bonchev–Trinajstić information content (AvgIpc) is 2.79. The molecule has 3 aromatic rings. The fourth-order valence-electron chi connectivity index (χ4n) is 3.57. The van der Waals surface area contributed by atoms with E-state index in [-0.39, 0.29) is 11.5 Å². The molecular weight excluding hydrogens is 417 g/mol. The molecule has 0 aliphatic rings. The van der Waals surface area contributed by atoms with Crippen molar-refractivity contribution in [1.29, 1.82) is 0 Å². The molecule has 0 fully saturated rings. The molecule has 0 bridgehead atoms. The summed E-state index contributed by atoms with van der Waals surface area (Å²) in [7, 11) is 4.06. The highest BCUT2D eigenvalue weighted by molar-refractivity contribution is 6.05. The van der Waals surface area contributed by atoms with E-state index in [1.165, 1.54) is 23.8 Å². The average molecular weight is 448 g/mol. The molecule has 3 aromatic carbocycles. The minimum Gasteiger partial charge on any atom is -0.335 e. The van der Waals surface area contributed by atoms with Crippen molar-refractivity contribution >= 4 is 17.5 Å². The first kappa shape index (κ1) is 24.1. The van der Waals surface area contributed by atoms with Crippen LogP contribution in [0.15, 0.2) is 66.7 Å². The van der Waals surface area contributed by atoms with E-state index in [0.29, 0.717) is 24.3 Å². The van der Waals surface area contributed by atoms with Crippen LogP contribution in [0.3, 0.4) is 0 Å². The zero-order valence-electron chi connectivity index (χ0n) is 19.6. The zero-order chi connectivity index (χ0) is 24.0. The van der Waals surface area contributed by atoms with Gasteiger partial charge in [0.15, 0.2) is 0 Å². The van der Waals surface area contributed by atoms with E-state index in [2.05, 4.69) is 22.3 Å². The van der Waals surface area contributed by atoms with Crippen molar-refractivity contribution in [3.63, 3.8) is 0 Å². The van der Waals surface area contributed by atoms with Gasteiger partial charge in [0.05, 0.1) is 5.56 Å². The maximum absolute atomic E-state index is 14.0. The number of rotatable bonds is 8. The smallest absolute Gasteiger partial charge is 0.258 e. The predicted molar refractivity (Wildman–Crippen MR) is 130 cm³/mol. The van der Waals surface area contributed by atoms with Gasteiger partial charge in [-0.25, -0.2) is 4.39 Å². The first-order chi connectivity index (χ1) is 15.8. The zero-order valence-corrected chi connectivity index (χ0v) is 19.6. The number of carbonyl (C=O) groups excluding carboxylic acids is 2. The van der Waals surface area contributed by atoms with Gasteiger partial charge >= 0.3 is 0 Å². The lowest BCUT2D eigenvalue weighted by Crippen LogP contribution is -2.30. The van der Waals surface area contributed by atoms with Gasteiger partial charge in [0.1, 0.15) is 5.82 Å². The van der Waals surface area contributed by atoms with Crippen LogP contribution in [-0.4, -0.2) is 42.3 Å². The van der Waals surface area contributed by atoms with Crippen molar-refractivity contribution in [1.82, 2.24) is 9.80 Å². The Morgan fingerprint density at radius 3 is 2.15 bits per heavy atom. The summed E-state index contributed by atoms with van der Waals surface area (Å²) in [4.78, 5) is 29.6. The van der Waals surface area contributed by atoms with E-state index in [1.807, 2.05) is 40.1 Å². The maximum atomic E-state index is 14.0. The summed E-state index contributed by atoms with van der Waals surface area (Å²) >= 11 is 0. The summed E-state index contributed by atoms with van der Waals surface area (Å²) in [5.41, 5.74) is 3.96. The molecule has 0 aliphatic heterocycles. The molecule has 33 heavy (non-hydrogen) atoms. The van der Waals surface area contributed by atoms with E-state index in [4.69, 9.17) is 0 Å². The Morgan fingerprint density at radius 2 is 1.55 bits per heavy atom. The van der Waals surface area contributed by atoms with Gasteiger partial charge in [-0.3, -0.25) is 9.59 Å². The van der Waals surface area contributed by atoms with Crippen LogP contribution in [0, 0.1) is 12.7 Å². The van der Waals surface area contributed by atoms with Gasteiger partial charge in [-0.15, -0.1) is 0 Å². The normalized spacial score (nSPS) is 10.8. The molecule has 1 N–H and O–H groups in total. The Bertz CT molecular complexity index is 1130. The number of amides is 2. The van der Waals surface area contributed by atoms with Crippen LogP contribution >= 0.6 is 0 Å². The van der Waals surface area contributed by atoms with Crippen LogP contribution in [0.1, 0.15) is 44.3 Å². The molecule has 2 amide bonds. The van der Waals surface area contributed by atoms with Crippen molar-refractivity contribution in [2.24, 2.45) is 0 Å². The van der Waals surface area contributed by atoms with Gasteiger partial charge in [-0.2, -0.15) is 0 Å². The molecule has 0 atom stereocenters. The third-order valence-electron chi connectivity index (χ3n) is 5.42. The molecule has 0 saturated heterocycles. The fourth-order valence-corrected chi connectivity index (χ4v) is 3.57. The second kappa shape index (κ2) is 10.9. The Kier molecular flexibility index (Phi) is 7.96. The van der Waals surface area contributed by atoms with Crippen LogP contribution in [0.2, 0.25) is 0 Å². The number of nitrogens with one attached hydrogen (secondary N) is 1. The van der Waals surface area contributed by atoms with Crippen molar-refractivity contribution in [3.8, 4) is 0 Å². The van der Waals surface area contributed by atoms with Gasteiger partial charge in [0, 0.05) is 30.9 Å². The number of anilines is 1. The number of carbonyl (C=O) groups is 2. The molecular formula is C27H30FN3O2. The first-order valence-corrected chi connectivity index (χ1v) is 11.0. The highest BCUT2D eigenvalue weighted by Gasteiger charge is 2.18. The molecule has 0 aliphatic carbocycles. The third kappa shape index (κ3) is 6.26. The van der Waals surface area contributed by atoms with Crippen molar-refractivity contribution in [3.05, 3.63) is 100 Å². The second-order valence-electron chi connectivity index (χ2n) is 8.34. The molecule has 0 heterocycles. The minimum absolute atomic E-state index is 0.0403. The number of aryl methyl sites for hydroxylation is 1. The van der Waals surface area contributed by atoms with Crippen molar-refractivity contribution in [2.45, 2.75) is 26.9 Å². The minimum atomic E-state index is -0.589. The predicted octanol–water partition coefficient (Wildman–Crippen LogP) is 5.11. The molecule has 6 heteroatoms. The third-order valence-corrected chi connectivity index (χ3v) is 5.42. The van der Waals surface area contributed by atoms with Crippen molar-refractivity contribution < 1.29 is 14.0 Å². The molecule has 172 valence electrons. The van der Waals surface area contributed by atoms with Crippen molar-refractivity contribution in [2.75, 3.05) is 26.0 Å². The summed E-state index contributed by atoms with van der Waals surface area (Å²) in [5.74, 6) is -1.27. The van der Waals surface area contributed by atoms with E-state index in [9.17, 15) is 14.0 Å². The summed E-state index contributed by atoms with van der Waals surface area (Å²) < 4.78 is 14.0. The molecule has 0 radical (unpaired) electrons. The quantitative estimate of drug-likeness (QED) is 0.522. The van der Waals surface area contributed by atoms with Crippen LogP contribution in [0.25, 0.3) is 0 Å².